The SMILES string of the molecule is Cc1ccc(NC(=O)c2noc(C)c2COc2cccc(C)c2C)cc1Cl. The molecular weight excluding hydrogens is 364 g/mol. The number of aryl methyl sites for hydroxylation is 3. The number of aromatic nitrogens is 1. The third kappa shape index (κ3) is 4.14. The number of hydrogen-bond acceptors (Lipinski definition) is 4. The summed E-state index contributed by atoms with van der Waals surface area (Å²) < 4.78 is 11.1. The van der Waals surface area contributed by atoms with Gasteiger partial charge in [-0.25, -0.2) is 0 Å². The molecule has 0 spiro atoms. The summed E-state index contributed by atoms with van der Waals surface area (Å²) >= 11 is 6.12. The van der Waals surface area contributed by atoms with Crippen molar-refractivity contribution in [3.8, 4) is 5.75 Å². The minimum atomic E-state index is -0.369. The number of carbonyl (C=O) groups excluding carboxylic acids is 1. The Morgan fingerprint density at radius 3 is 2.67 bits per heavy atom. The molecule has 0 aliphatic carbocycles. The summed E-state index contributed by atoms with van der Waals surface area (Å²) in [7, 11) is 0. The number of ether oxygens (including phenoxy) is 1. The second-order valence-electron chi connectivity index (χ2n) is 6.47. The summed E-state index contributed by atoms with van der Waals surface area (Å²) in [5.74, 6) is 0.950. The van der Waals surface area contributed by atoms with E-state index in [1.54, 1.807) is 19.1 Å². The van der Waals surface area contributed by atoms with Gasteiger partial charge in [-0.15, -0.1) is 0 Å². The molecule has 1 amide bonds. The molecule has 0 aliphatic heterocycles. The van der Waals surface area contributed by atoms with Crippen molar-refractivity contribution in [1.29, 1.82) is 0 Å². The van der Waals surface area contributed by atoms with E-state index < -0.39 is 0 Å². The molecule has 6 heteroatoms. The third-order valence-corrected chi connectivity index (χ3v) is 4.96. The summed E-state index contributed by atoms with van der Waals surface area (Å²) in [6, 6.07) is 11.2. The van der Waals surface area contributed by atoms with E-state index in [1.165, 1.54) is 0 Å². The van der Waals surface area contributed by atoms with Gasteiger partial charge in [-0.1, -0.05) is 35.0 Å². The molecule has 0 atom stereocenters. The van der Waals surface area contributed by atoms with E-state index in [1.807, 2.05) is 45.0 Å². The number of rotatable bonds is 5. The van der Waals surface area contributed by atoms with Crippen molar-refractivity contribution in [3.05, 3.63) is 75.1 Å². The van der Waals surface area contributed by atoms with Crippen LogP contribution in [0.1, 0.15) is 38.5 Å². The van der Waals surface area contributed by atoms with E-state index in [0.29, 0.717) is 22.0 Å². The van der Waals surface area contributed by atoms with Crippen LogP contribution in [0.25, 0.3) is 0 Å². The van der Waals surface area contributed by atoms with Crippen molar-refractivity contribution in [2.24, 2.45) is 0 Å². The number of halogens is 1. The van der Waals surface area contributed by atoms with E-state index in [4.69, 9.17) is 20.9 Å². The van der Waals surface area contributed by atoms with Crippen LogP contribution in [0.2, 0.25) is 5.02 Å². The molecule has 0 saturated heterocycles. The molecule has 3 aromatic rings. The molecule has 5 nitrogen and oxygen atoms in total. The smallest absolute Gasteiger partial charge is 0.278 e. The van der Waals surface area contributed by atoms with Crippen LogP contribution in [0.4, 0.5) is 5.69 Å². The maximum absolute atomic E-state index is 12.6. The highest BCUT2D eigenvalue weighted by molar-refractivity contribution is 6.31. The lowest BCUT2D eigenvalue weighted by Gasteiger charge is -2.11. The zero-order valence-corrected chi connectivity index (χ0v) is 16.5. The molecule has 0 bridgehead atoms. The van der Waals surface area contributed by atoms with E-state index in [2.05, 4.69) is 10.5 Å². The van der Waals surface area contributed by atoms with Gasteiger partial charge in [-0.3, -0.25) is 4.79 Å². The van der Waals surface area contributed by atoms with Crippen LogP contribution in [0.15, 0.2) is 40.9 Å². The van der Waals surface area contributed by atoms with Crippen molar-refractivity contribution in [2.45, 2.75) is 34.3 Å². The maximum Gasteiger partial charge on any atom is 0.278 e. The molecule has 0 radical (unpaired) electrons. The second kappa shape index (κ2) is 7.84. The number of nitrogens with one attached hydrogen (secondary N) is 1. The van der Waals surface area contributed by atoms with Crippen LogP contribution < -0.4 is 10.1 Å². The van der Waals surface area contributed by atoms with Crippen molar-refractivity contribution >= 4 is 23.2 Å². The number of nitrogens with zero attached hydrogens (tertiary/aromatic N) is 1. The summed E-state index contributed by atoms with van der Waals surface area (Å²) in [6.07, 6.45) is 0. The van der Waals surface area contributed by atoms with E-state index in [-0.39, 0.29) is 18.2 Å². The molecule has 0 unspecified atom stereocenters. The van der Waals surface area contributed by atoms with Gasteiger partial charge in [0, 0.05) is 10.7 Å². The van der Waals surface area contributed by atoms with Crippen LogP contribution in [-0.4, -0.2) is 11.1 Å². The van der Waals surface area contributed by atoms with E-state index >= 15 is 0 Å². The van der Waals surface area contributed by atoms with Crippen LogP contribution in [0, 0.1) is 27.7 Å². The molecule has 1 N–H and O–H groups in total. The molecule has 0 aliphatic rings. The Bertz CT molecular complexity index is 995. The Hall–Kier alpha value is -2.79. The highest BCUT2D eigenvalue weighted by Crippen LogP contribution is 2.24. The van der Waals surface area contributed by atoms with Gasteiger partial charge < -0.3 is 14.6 Å². The van der Waals surface area contributed by atoms with Gasteiger partial charge in [-0.05, 0) is 62.6 Å². The number of carbonyl (C=O) groups is 1. The highest BCUT2D eigenvalue weighted by Gasteiger charge is 2.21. The molecule has 140 valence electrons. The van der Waals surface area contributed by atoms with Crippen molar-refractivity contribution in [3.63, 3.8) is 0 Å². The molecule has 0 fully saturated rings. The zero-order valence-electron chi connectivity index (χ0n) is 15.7. The van der Waals surface area contributed by atoms with Gasteiger partial charge in [0.05, 0.1) is 5.56 Å². The van der Waals surface area contributed by atoms with Gasteiger partial charge in [0.25, 0.3) is 5.91 Å². The Morgan fingerprint density at radius 1 is 1.15 bits per heavy atom. The quantitative estimate of drug-likeness (QED) is 0.640. The monoisotopic (exact) mass is 384 g/mol. The summed E-state index contributed by atoms with van der Waals surface area (Å²) in [5.41, 5.74) is 4.56. The molecule has 1 aromatic heterocycles. The average Bonchev–Trinajstić information content (AvgIpc) is 3.00. The van der Waals surface area contributed by atoms with Gasteiger partial charge >= 0.3 is 0 Å². The average molecular weight is 385 g/mol. The fourth-order valence-corrected chi connectivity index (χ4v) is 2.81. The molecule has 27 heavy (non-hydrogen) atoms. The number of hydrogen-bond donors (Lipinski definition) is 1. The lowest BCUT2D eigenvalue weighted by atomic mass is 10.1. The maximum atomic E-state index is 12.6. The molecular formula is C21H21ClN2O3. The number of anilines is 1. The van der Waals surface area contributed by atoms with Gasteiger partial charge in [0.1, 0.15) is 18.1 Å². The minimum absolute atomic E-state index is 0.192. The van der Waals surface area contributed by atoms with E-state index in [0.717, 1.165) is 22.4 Å². The Balaban J connectivity index is 1.78. The first-order valence-electron chi connectivity index (χ1n) is 8.58. The minimum Gasteiger partial charge on any atom is -0.488 e. The van der Waals surface area contributed by atoms with Crippen molar-refractivity contribution < 1.29 is 14.1 Å². The third-order valence-electron chi connectivity index (χ3n) is 4.56. The highest BCUT2D eigenvalue weighted by atomic mass is 35.5. The zero-order chi connectivity index (χ0) is 19.6. The largest absolute Gasteiger partial charge is 0.488 e. The fraction of sp³-hybridized carbons (Fsp3) is 0.238. The first kappa shape index (κ1) is 19.0. The molecule has 0 saturated carbocycles. The van der Waals surface area contributed by atoms with E-state index in [9.17, 15) is 4.79 Å². The number of benzene rings is 2. The number of amides is 1. The second-order valence-corrected chi connectivity index (χ2v) is 6.88. The summed E-state index contributed by atoms with van der Waals surface area (Å²) in [5, 5.41) is 7.29. The molecule has 2 aromatic carbocycles. The van der Waals surface area contributed by atoms with Crippen molar-refractivity contribution in [2.75, 3.05) is 5.32 Å². The molecule has 3 rings (SSSR count). The van der Waals surface area contributed by atoms with Crippen LogP contribution in [-0.2, 0) is 6.61 Å². The van der Waals surface area contributed by atoms with Gasteiger partial charge in [-0.2, -0.15) is 0 Å². The normalized spacial score (nSPS) is 10.7. The van der Waals surface area contributed by atoms with Gasteiger partial charge in [0.2, 0.25) is 0 Å². The summed E-state index contributed by atoms with van der Waals surface area (Å²) in [6.45, 7) is 7.88. The Kier molecular flexibility index (Phi) is 5.51. The molecule has 1 heterocycles. The Labute approximate surface area is 163 Å². The van der Waals surface area contributed by atoms with Crippen LogP contribution in [0.3, 0.4) is 0 Å². The topological polar surface area (TPSA) is 64.4 Å². The van der Waals surface area contributed by atoms with Crippen molar-refractivity contribution in [1.82, 2.24) is 5.16 Å². The summed E-state index contributed by atoms with van der Waals surface area (Å²) in [4.78, 5) is 12.6. The fourth-order valence-electron chi connectivity index (χ4n) is 2.63. The predicted molar refractivity (Wildman–Crippen MR) is 106 cm³/mol. The lowest BCUT2D eigenvalue weighted by Crippen LogP contribution is -2.15. The Morgan fingerprint density at radius 2 is 1.93 bits per heavy atom. The van der Waals surface area contributed by atoms with Gasteiger partial charge in [0.15, 0.2) is 5.69 Å². The standard InChI is InChI=1S/C21H21ClN2O3/c1-12-6-5-7-19(14(12)3)26-11-17-15(4)27-24-20(17)21(25)23-16-9-8-13(2)18(22)10-16/h5-10H,11H2,1-4H3,(H,23,25). The predicted octanol–water partition coefficient (Wildman–Crippen LogP) is 5.39. The first-order valence-corrected chi connectivity index (χ1v) is 8.96. The van der Waals surface area contributed by atoms with Crippen LogP contribution in [0.5, 0.6) is 5.75 Å². The lowest BCUT2D eigenvalue weighted by molar-refractivity contribution is 0.101. The van der Waals surface area contributed by atoms with Crippen LogP contribution >= 0.6 is 11.6 Å². The first-order chi connectivity index (χ1) is 12.9.